The maximum absolute atomic E-state index is 14.8. The maximum atomic E-state index is 14.8. The molecule has 0 spiro atoms. The lowest BCUT2D eigenvalue weighted by molar-refractivity contribution is 0.259. The number of halogens is 2. The summed E-state index contributed by atoms with van der Waals surface area (Å²) in [5.41, 5.74) is 5.35. The van der Waals surface area contributed by atoms with Crippen molar-refractivity contribution in [3.05, 3.63) is 77.1 Å². The minimum absolute atomic E-state index is 0.114. The fourth-order valence-corrected chi connectivity index (χ4v) is 5.67. The second kappa shape index (κ2) is 13.3. The van der Waals surface area contributed by atoms with Gasteiger partial charge in [0.1, 0.15) is 0 Å². The second-order valence-corrected chi connectivity index (χ2v) is 10.8. The highest BCUT2D eigenvalue weighted by Crippen LogP contribution is 2.36. The number of rotatable bonds is 11. The summed E-state index contributed by atoms with van der Waals surface area (Å²) in [5, 5.41) is 0.114. The van der Waals surface area contributed by atoms with Crippen LogP contribution in [0.5, 0.6) is 5.75 Å². The van der Waals surface area contributed by atoms with Gasteiger partial charge in [-0.2, -0.15) is 0 Å². The van der Waals surface area contributed by atoms with Crippen molar-refractivity contribution in [3.8, 4) is 28.0 Å². The molecule has 0 bridgehead atoms. The molecular formula is C33H40ClFO. The van der Waals surface area contributed by atoms with Gasteiger partial charge >= 0.3 is 0 Å². The predicted octanol–water partition coefficient (Wildman–Crippen LogP) is 10.5. The Kier molecular flexibility index (Phi) is 9.87. The first kappa shape index (κ1) is 26.7. The summed E-state index contributed by atoms with van der Waals surface area (Å²) < 4.78 is 20.4. The molecule has 1 aliphatic rings. The quantitative estimate of drug-likeness (QED) is 0.235. The van der Waals surface area contributed by atoms with Crippen molar-refractivity contribution in [2.24, 2.45) is 11.8 Å². The molecule has 0 saturated heterocycles. The molecule has 1 nitrogen and oxygen atoms in total. The smallest absolute Gasteiger partial charge is 0.184 e. The van der Waals surface area contributed by atoms with Gasteiger partial charge in [0.25, 0.3) is 0 Å². The molecule has 0 aliphatic heterocycles. The molecule has 0 atom stereocenters. The zero-order valence-corrected chi connectivity index (χ0v) is 22.6. The molecule has 3 heteroatoms. The van der Waals surface area contributed by atoms with Gasteiger partial charge in [0.15, 0.2) is 11.6 Å². The van der Waals surface area contributed by atoms with E-state index in [1.807, 2.05) is 18.2 Å². The first-order valence-electron chi connectivity index (χ1n) is 13.9. The zero-order chi connectivity index (χ0) is 25.3. The second-order valence-electron chi connectivity index (χ2n) is 10.4. The molecule has 3 aromatic carbocycles. The third-order valence-electron chi connectivity index (χ3n) is 7.92. The van der Waals surface area contributed by atoms with Crippen molar-refractivity contribution in [1.82, 2.24) is 0 Å². The summed E-state index contributed by atoms with van der Waals surface area (Å²) in [6, 6.07) is 20.7. The average molecular weight is 507 g/mol. The first-order valence-corrected chi connectivity index (χ1v) is 14.3. The minimum Gasteiger partial charge on any atom is -0.490 e. The first-order chi connectivity index (χ1) is 17.6. The molecule has 1 aliphatic carbocycles. The van der Waals surface area contributed by atoms with Gasteiger partial charge in [-0.3, -0.25) is 0 Å². The Morgan fingerprint density at radius 2 is 1.39 bits per heavy atom. The van der Waals surface area contributed by atoms with E-state index in [0.29, 0.717) is 12.2 Å². The summed E-state index contributed by atoms with van der Waals surface area (Å²) in [4.78, 5) is 0. The zero-order valence-electron chi connectivity index (χ0n) is 21.9. The number of hydrogen-bond donors (Lipinski definition) is 0. The number of aryl methyl sites for hydroxylation is 1. The van der Waals surface area contributed by atoms with Crippen LogP contribution in [0.15, 0.2) is 60.7 Å². The Morgan fingerprint density at radius 1 is 0.778 bits per heavy atom. The highest BCUT2D eigenvalue weighted by Gasteiger charge is 2.19. The van der Waals surface area contributed by atoms with Crippen molar-refractivity contribution in [2.45, 2.75) is 78.1 Å². The average Bonchev–Trinajstić information content (AvgIpc) is 2.93. The van der Waals surface area contributed by atoms with Crippen LogP contribution in [-0.4, -0.2) is 6.61 Å². The van der Waals surface area contributed by atoms with Gasteiger partial charge in [-0.25, -0.2) is 4.39 Å². The lowest BCUT2D eigenvalue weighted by Crippen LogP contribution is -2.14. The van der Waals surface area contributed by atoms with Gasteiger partial charge in [0.2, 0.25) is 0 Å². The molecule has 1 fully saturated rings. The molecule has 192 valence electrons. The SMILES string of the molecule is CCCCCOc1ccc(-c2ccc(-c3ccc(CCC4CCC(CC)CC4)cc3)cc2)c(Cl)c1F. The Labute approximate surface area is 222 Å². The van der Waals surface area contributed by atoms with Gasteiger partial charge in [0, 0.05) is 5.56 Å². The molecule has 0 N–H and O–H groups in total. The lowest BCUT2D eigenvalue weighted by Gasteiger charge is -2.27. The lowest BCUT2D eigenvalue weighted by atomic mass is 9.78. The summed E-state index contributed by atoms with van der Waals surface area (Å²) in [6.45, 7) is 4.97. The monoisotopic (exact) mass is 506 g/mol. The van der Waals surface area contributed by atoms with Gasteiger partial charge in [-0.1, -0.05) is 119 Å². The van der Waals surface area contributed by atoms with E-state index >= 15 is 0 Å². The van der Waals surface area contributed by atoms with Crippen molar-refractivity contribution in [3.63, 3.8) is 0 Å². The molecule has 3 aromatic rings. The largest absolute Gasteiger partial charge is 0.490 e. The molecule has 1 saturated carbocycles. The highest BCUT2D eigenvalue weighted by molar-refractivity contribution is 6.33. The number of hydrogen-bond acceptors (Lipinski definition) is 1. The van der Waals surface area contributed by atoms with E-state index in [1.165, 1.54) is 56.1 Å². The Balaban J connectivity index is 1.35. The topological polar surface area (TPSA) is 9.23 Å². The van der Waals surface area contributed by atoms with Crippen LogP contribution < -0.4 is 4.74 Å². The van der Waals surface area contributed by atoms with Gasteiger partial charge in [-0.15, -0.1) is 0 Å². The molecule has 0 amide bonds. The number of ether oxygens (including phenoxy) is 1. The normalized spacial score (nSPS) is 17.8. The van der Waals surface area contributed by atoms with E-state index in [9.17, 15) is 4.39 Å². The summed E-state index contributed by atoms with van der Waals surface area (Å²) in [7, 11) is 0. The van der Waals surface area contributed by atoms with E-state index in [4.69, 9.17) is 16.3 Å². The minimum atomic E-state index is -0.483. The number of unbranched alkanes of at least 4 members (excludes halogenated alkanes) is 2. The molecular weight excluding hydrogens is 467 g/mol. The van der Waals surface area contributed by atoms with Crippen LogP contribution in [0, 0.1) is 17.7 Å². The van der Waals surface area contributed by atoms with Gasteiger partial charge in [-0.05, 0) is 65.5 Å². The fraction of sp³-hybridized carbons (Fsp3) is 0.455. The van der Waals surface area contributed by atoms with Crippen LogP contribution in [-0.2, 0) is 6.42 Å². The molecule has 0 unspecified atom stereocenters. The van der Waals surface area contributed by atoms with Crippen LogP contribution in [0.1, 0.15) is 77.2 Å². The third-order valence-corrected chi connectivity index (χ3v) is 8.29. The van der Waals surface area contributed by atoms with Crippen LogP contribution >= 0.6 is 11.6 Å². The van der Waals surface area contributed by atoms with Crippen molar-refractivity contribution in [2.75, 3.05) is 6.61 Å². The molecule has 4 rings (SSSR count). The van der Waals surface area contributed by atoms with Crippen LogP contribution in [0.4, 0.5) is 4.39 Å². The van der Waals surface area contributed by atoms with E-state index in [1.54, 1.807) is 6.07 Å². The summed E-state index contributed by atoms with van der Waals surface area (Å²) in [5.74, 6) is 1.61. The van der Waals surface area contributed by atoms with Gasteiger partial charge < -0.3 is 4.74 Å². The van der Waals surface area contributed by atoms with E-state index in [2.05, 4.69) is 50.2 Å². The predicted molar refractivity (Wildman–Crippen MR) is 151 cm³/mol. The Bertz CT molecular complexity index is 1080. The number of benzene rings is 3. The van der Waals surface area contributed by atoms with Gasteiger partial charge in [0.05, 0.1) is 11.6 Å². The third kappa shape index (κ3) is 6.91. The molecule has 0 radical (unpaired) electrons. The van der Waals surface area contributed by atoms with Crippen LogP contribution in [0.3, 0.4) is 0 Å². The van der Waals surface area contributed by atoms with E-state index in [0.717, 1.165) is 42.2 Å². The summed E-state index contributed by atoms with van der Waals surface area (Å²) in [6.07, 6.45) is 12.6. The maximum Gasteiger partial charge on any atom is 0.184 e. The van der Waals surface area contributed by atoms with Crippen LogP contribution in [0.2, 0.25) is 5.02 Å². The Morgan fingerprint density at radius 3 is 2.03 bits per heavy atom. The summed E-state index contributed by atoms with van der Waals surface area (Å²) >= 11 is 6.39. The van der Waals surface area contributed by atoms with Crippen LogP contribution in [0.25, 0.3) is 22.3 Å². The molecule has 36 heavy (non-hydrogen) atoms. The van der Waals surface area contributed by atoms with E-state index < -0.39 is 5.82 Å². The van der Waals surface area contributed by atoms with Crippen molar-refractivity contribution in [1.29, 1.82) is 0 Å². The van der Waals surface area contributed by atoms with Crippen molar-refractivity contribution >= 4 is 11.6 Å². The Hall–Kier alpha value is -2.32. The molecule has 0 aromatic heterocycles. The van der Waals surface area contributed by atoms with Crippen molar-refractivity contribution < 1.29 is 9.13 Å². The molecule has 0 heterocycles. The fourth-order valence-electron chi connectivity index (χ4n) is 5.41. The van der Waals surface area contributed by atoms with E-state index in [-0.39, 0.29) is 10.8 Å². The highest BCUT2D eigenvalue weighted by atomic mass is 35.5. The standard InChI is InChI=1S/C33H40ClFO/c1-3-5-6-23-36-31-22-21-30(32(34)33(31)35)29-19-17-28(18-20-29)27-15-13-26(14-16-27)12-11-25-9-7-24(4-2)8-10-25/h13-22,24-25H,3-12,23H2,1-2H3.